The van der Waals surface area contributed by atoms with Gasteiger partial charge in [0, 0.05) is 17.3 Å². The van der Waals surface area contributed by atoms with Crippen molar-refractivity contribution in [2.45, 2.75) is 0 Å². The maximum Gasteiger partial charge on any atom is 0.131 e. The fraction of sp³-hybridized carbons (Fsp3) is 0. The number of hydrogen-bond acceptors (Lipinski definition) is 3. The average Bonchev–Trinajstić information content (AvgIpc) is 2.48. The molecule has 3 heteroatoms. The largest absolute Gasteiger partial charge is 0.340 e. The molecule has 0 bridgehead atoms. The van der Waals surface area contributed by atoms with E-state index >= 15 is 0 Å². The highest BCUT2D eigenvalue weighted by atomic mass is 15.0. The van der Waals surface area contributed by atoms with Gasteiger partial charge in [-0.05, 0) is 23.6 Å². The van der Waals surface area contributed by atoms with E-state index in [4.69, 9.17) is 5.26 Å². The second-order valence-electron chi connectivity index (χ2n) is 4.19. The quantitative estimate of drug-likeness (QED) is 0.746. The Morgan fingerprint density at radius 2 is 1.84 bits per heavy atom. The van der Waals surface area contributed by atoms with Gasteiger partial charge < -0.3 is 5.32 Å². The van der Waals surface area contributed by atoms with Crippen molar-refractivity contribution in [1.29, 1.82) is 5.26 Å². The van der Waals surface area contributed by atoms with E-state index in [1.54, 1.807) is 18.3 Å². The van der Waals surface area contributed by atoms with E-state index in [0.29, 0.717) is 11.4 Å². The molecule has 0 saturated carbocycles. The van der Waals surface area contributed by atoms with Crippen LogP contribution in [-0.2, 0) is 0 Å². The Morgan fingerprint density at radius 1 is 1.00 bits per heavy atom. The van der Waals surface area contributed by atoms with Gasteiger partial charge in [-0.1, -0.05) is 36.4 Å². The lowest BCUT2D eigenvalue weighted by Crippen LogP contribution is -1.94. The number of anilines is 2. The second kappa shape index (κ2) is 4.79. The number of pyridine rings is 1. The second-order valence-corrected chi connectivity index (χ2v) is 4.19. The molecule has 3 nitrogen and oxygen atoms in total. The van der Waals surface area contributed by atoms with E-state index in [2.05, 4.69) is 34.6 Å². The van der Waals surface area contributed by atoms with Crippen LogP contribution in [0.2, 0.25) is 0 Å². The molecule has 0 aliphatic carbocycles. The van der Waals surface area contributed by atoms with E-state index in [0.717, 1.165) is 11.1 Å². The van der Waals surface area contributed by atoms with Crippen molar-refractivity contribution in [3.8, 4) is 6.07 Å². The minimum Gasteiger partial charge on any atom is -0.340 e. The van der Waals surface area contributed by atoms with Crippen LogP contribution < -0.4 is 5.32 Å². The lowest BCUT2D eigenvalue weighted by atomic mass is 10.1. The molecule has 1 N–H and O–H groups in total. The predicted octanol–water partition coefficient (Wildman–Crippen LogP) is 3.85. The van der Waals surface area contributed by atoms with Crippen molar-refractivity contribution in [1.82, 2.24) is 4.98 Å². The summed E-state index contributed by atoms with van der Waals surface area (Å²) in [7, 11) is 0. The highest BCUT2D eigenvalue weighted by Gasteiger charge is 2.02. The third kappa shape index (κ3) is 2.24. The summed E-state index contributed by atoms with van der Waals surface area (Å²) in [6.07, 6.45) is 1.63. The standard InChI is InChI=1S/C16H11N3/c17-11-12-8-9-18-16(10-12)19-15-7-3-5-13-4-1-2-6-14(13)15/h1-10H,(H,18,19). The first-order chi connectivity index (χ1) is 9.36. The first kappa shape index (κ1) is 11.2. The maximum atomic E-state index is 8.89. The van der Waals surface area contributed by atoms with Crippen LogP contribution in [0, 0.1) is 11.3 Å². The molecule has 3 rings (SSSR count). The number of fused-ring (bicyclic) bond motifs is 1. The van der Waals surface area contributed by atoms with E-state index < -0.39 is 0 Å². The van der Waals surface area contributed by atoms with Gasteiger partial charge in [0.15, 0.2) is 0 Å². The zero-order valence-corrected chi connectivity index (χ0v) is 10.2. The summed E-state index contributed by atoms with van der Waals surface area (Å²) in [4.78, 5) is 4.23. The molecule has 0 atom stereocenters. The van der Waals surface area contributed by atoms with Gasteiger partial charge in [-0.3, -0.25) is 0 Å². The third-order valence-electron chi connectivity index (χ3n) is 2.94. The highest BCUT2D eigenvalue weighted by Crippen LogP contribution is 2.25. The number of rotatable bonds is 2. The summed E-state index contributed by atoms with van der Waals surface area (Å²) < 4.78 is 0. The van der Waals surface area contributed by atoms with Crippen LogP contribution in [0.1, 0.15) is 5.56 Å². The van der Waals surface area contributed by atoms with Gasteiger partial charge in [0.05, 0.1) is 11.6 Å². The van der Waals surface area contributed by atoms with Gasteiger partial charge in [-0.25, -0.2) is 4.98 Å². The maximum absolute atomic E-state index is 8.89. The zero-order chi connectivity index (χ0) is 13.1. The van der Waals surface area contributed by atoms with Gasteiger partial charge in [-0.2, -0.15) is 5.26 Å². The SMILES string of the molecule is N#Cc1ccnc(Nc2cccc3ccccc23)c1. The molecule has 1 heterocycles. The molecule has 0 aliphatic rings. The van der Waals surface area contributed by atoms with Gasteiger partial charge in [-0.15, -0.1) is 0 Å². The Labute approximate surface area is 111 Å². The molecule has 0 amide bonds. The molecule has 90 valence electrons. The number of aromatic nitrogens is 1. The van der Waals surface area contributed by atoms with Crippen molar-refractivity contribution in [3.63, 3.8) is 0 Å². The summed E-state index contributed by atoms with van der Waals surface area (Å²) in [6, 6.07) is 19.8. The van der Waals surface area contributed by atoms with E-state index in [-0.39, 0.29) is 0 Å². The molecule has 1 aromatic heterocycles. The van der Waals surface area contributed by atoms with Crippen LogP contribution >= 0.6 is 0 Å². The minimum absolute atomic E-state index is 0.595. The van der Waals surface area contributed by atoms with Gasteiger partial charge in [0.25, 0.3) is 0 Å². The molecule has 0 saturated heterocycles. The number of benzene rings is 2. The van der Waals surface area contributed by atoms with Gasteiger partial charge in [0.1, 0.15) is 5.82 Å². The van der Waals surface area contributed by atoms with Crippen LogP contribution in [-0.4, -0.2) is 4.98 Å². The van der Waals surface area contributed by atoms with Crippen molar-refractivity contribution in [2.75, 3.05) is 5.32 Å². The van der Waals surface area contributed by atoms with Crippen molar-refractivity contribution in [3.05, 3.63) is 66.4 Å². The molecule has 0 spiro atoms. The van der Waals surface area contributed by atoms with Crippen LogP contribution in [0.4, 0.5) is 11.5 Å². The number of nitrogens with one attached hydrogen (secondary N) is 1. The summed E-state index contributed by atoms with van der Waals surface area (Å²) in [5.41, 5.74) is 1.58. The molecular formula is C16H11N3. The Morgan fingerprint density at radius 3 is 2.74 bits per heavy atom. The number of nitriles is 1. The summed E-state index contributed by atoms with van der Waals surface area (Å²) in [6.45, 7) is 0. The Bertz CT molecular complexity index is 767. The molecule has 0 fully saturated rings. The highest BCUT2D eigenvalue weighted by molar-refractivity contribution is 5.95. The Balaban J connectivity index is 2.04. The van der Waals surface area contributed by atoms with E-state index in [1.165, 1.54) is 5.39 Å². The van der Waals surface area contributed by atoms with Crippen LogP contribution in [0.25, 0.3) is 10.8 Å². The third-order valence-corrected chi connectivity index (χ3v) is 2.94. The summed E-state index contributed by atoms with van der Waals surface area (Å²) in [5, 5.41) is 14.5. The molecule has 3 aromatic rings. The fourth-order valence-electron chi connectivity index (χ4n) is 2.04. The Kier molecular flexibility index (Phi) is 2.83. The van der Waals surface area contributed by atoms with E-state index in [9.17, 15) is 0 Å². The summed E-state index contributed by atoms with van der Waals surface area (Å²) in [5.74, 6) is 0.676. The molecule has 0 radical (unpaired) electrons. The van der Waals surface area contributed by atoms with Gasteiger partial charge >= 0.3 is 0 Å². The van der Waals surface area contributed by atoms with Crippen LogP contribution in [0.15, 0.2) is 60.8 Å². The van der Waals surface area contributed by atoms with Gasteiger partial charge in [0.2, 0.25) is 0 Å². The minimum atomic E-state index is 0.595. The smallest absolute Gasteiger partial charge is 0.131 e. The summed E-state index contributed by atoms with van der Waals surface area (Å²) >= 11 is 0. The normalized spacial score (nSPS) is 10.1. The molecular weight excluding hydrogens is 234 g/mol. The lowest BCUT2D eigenvalue weighted by molar-refractivity contribution is 1.30. The van der Waals surface area contributed by atoms with E-state index in [1.807, 2.05) is 24.3 Å². The van der Waals surface area contributed by atoms with Crippen molar-refractivity contribution >= 4 is 22.3 Å². The van der Waals surface area contributed by atoms with Crippen LogP contribution in [0.5, 0.6) is 0 Å². The fourth-order valence-corrected chi connectivity index (χ4v) is 2.04. The monoisotopic (exact) mass is 245 g/mol. The number of hydrogen-bond donors (Lipinski definition) is 1. The Hall–Kier alpha value is -2.86. The average molecular weight is 245 g/mol. The zero-order valence-electron chi connectivity index (χ0n) is 10.2. The predicted molar refractivity (Wildman–Crippen MR) is 76.2 cm³/mol. The molecule has 19 heavy (non-hydrogen) atoms. The molecule has 0 unspecified atom stereocenters. The first-order valence-electron chi connectivity index (χ1n) is 5.98. The molecule has 2 aromatic carbocycles. The lowest BCUT2D eigenvalue weighted by Gasteiger charge is -2.09. The van der Waals surface area contributed by atoms with Crippen molar-refractivity contribution in [2.24, 2.45) is 0 Å². The molecule has 0 aliphatic heterocycles. The topological polar surface area (TPSA) is 48.7 Å². The van der Waals surface area contributed by atoms with Crippen molar-refractivity contribution < 1.29 is 0 Å². The number of nitrogens with zero attached hydrogens (tertiary/aromatic N) is 2. The van der Waals surface area contributed by atoms with Crippen LogP contribution in [0.3, 0.4) is 0 Å². The first-order valence-corrected chi connectivity index (χ1v) is 5.98.